The summed E-state index contributed by atoms with van der Waals surface area (Å²) < 4.78 is 11.9. The Labute approximate surface area is 178 Å². The van der Waals surface area contributed by atoms with Gasteiger partial charge in [-0.15, -0.1) is 5.10 Å². The third kappa shape index (κ3) is 3.92. The SMILES string of the molecule is COC(=O)c1ccc2[nH]nc(-c3cn(-c4ccc(CN5CCOCC5)cc4)nn3)c2c1. The van der Waals surface area contributed by atoms with Crippen LogP contribution in [0.25, 0.3) is 28.0 Å². The Kier molecular flexibility index (Phi) is 5.19. The maximum absolute atomic E-state index is 11.9. The summed E-state index contributed by atoms with van der Waals surface area (Å²) in [7, 11) is 1.36. The van der Waals surface area contributed by atoms with Gasteiger partial charge in [0.1, 0.15) is 11.4 Å². The molecule has 2 aromatic heterocycles. The molecule has 1 N–H and O–H groups in total. The van der Waals surface area contributed by atoms with E-state index in [2.05, 4.69) is 37.5 Å². The highest BCUT2D eigenvalue weighted by molar-refractivity contribution is 5.98. The summed E-state index contributed by atoms with van der Waals surface area (Å²) in [6.07, 6.45) is 1.83. The second kappa shape index (κ2) is 8.29. The molecule has 5 rings (SSSR count). The molecule has 1 fully saturated rings. The quantitative estimate of drug-likeness (QED) is 0.497. The largest absolute Gasteiger partial charge is 0.465 e. The molecule has 0 atom stereocenters. The Bertz CT molecular complexity index is 1210. The lowest BCUT2D eigenvalue weighted by atomic mass is 10.1. The number of esters is 1. The molecule has 4 aromatic rings. The predicted molar refractivity (Wildman–Crippen MR) is 114 cm³/mol. The van der Waals surface area contributed by atoms with E-state index >= 15 is 0 Å². The molecule has 0 unspecified atom stereocenters. The Morgan fingerprint density at radius 3 is 2.74 bits per heavy atom. The maximum Gasteiger partial charge on any atom is 0.337 e. The standard InChI is InChI=1S/C22H22N6O3/c1-30-22(29)16-4-7-19-18(12-16)21(25-23-19)20-14-28(26-24-20)17-5-2-15(3-6-17)13-27-8-10-31-11-9-27/h2-7,12,14H,8-11,13H2,1H3,(H,23,25). The number of H-pyrrole nitrogens is 1. The number of carbonyl (C=O) groups is 1. The van der Waals surface area contributed by atoms with Gasteiger partial charge in [0.25, 0.3) is 0 Å². The minimum Gasteiger partial charge on any atom is -0.465 e. The van der Waals surface area contributed by atoms with Crippen LogP contribution < -0.4 is 0 Å². The van der Waals surface area contributed by atoms with Crippen LogP contribution in [0.2, 0.25) is 0 Å². The molecule has 9 heteroatoms. The minimum absolute atomic E-state index is 0.394. The molecule has 9 nitrogen and oxygen atoms in total. The van der Waals surface area contributed by atoms with E-state index in [1.165, 1.54) is 12.7 Å². The third-order valence-corrected chi connectivity index (χ3v) is 5.43. The van der Waals surface area contributed by atoms with Crippen LogP contribution in [0.5, 0.6) is 0 Å². The number of benzene rings is 2. The van der Waals surface area contributed by atoms with Crippen LogP contribution in [0, 0.1) is 0 Å². The number of hydrogen-bond acceptors (Lipinski definition) is 7. The molecule has 0 radical (unpaired) electrons. The van der Waals surface area contributed by atoms with E-state index < -0.39 is 5.97 Å². The lowest BCUT2D eigenvalue weighted by Crippen LogP contribution is -2.35. The number of hydrogen-bond donors (Lipinski definition) is 1. The van der Waals surface area contributed by atoms with E-state index in [0.29, 0.717) is 17.0 Å². The summed E-state index contributed by atoms with van der Waals surface area (Å²) in [5, 5.41) is 16.7. The lowest BCUT2D eigenvalue weighted by molar-refractivity contribution is 0.0342. The van der Waals surface area contributed by atoms with Crippen molar-refractivity contribution >= 4 is 16.9 Å². The van der Waals surface area contributed by atoms with Crippen molar-refractivity contribution in [3.8, 4) is 17.1 Å². The molecule has 1 aliphatic heterocycles. The molecule has 31 heavy (non-hydrogen) atoms. The highest BCUT2D eigenvalue weighted by Crippen LogP contribution is 2.26. The first-order chi connectivity index (χ1) is 15.2. The number of methoxy groups -OCH3 is 1. The Morgan fingerprint density at radius 2 is 1.97 bits per heavy atom. The summed E-state index contributed by atoms with van der Waals surface area (Å²) in [4.78, 5) is 14.3. The average molecular weight is 418 g/mol. The van der Waals surface area contributed by atoms with Gasteiger partial charge in [-0.2, -0.15) is 5.10 Å². The van der Waals surface area contributed by atoms with Crippen LogP contribution >= 0.6 is 0 Å². The first kappa shape index (κ1) is 19.4. The summed E-state index contributed by atoms with van der Waals surface area (Å²) in [5.74, 6) is -0.394. The van der Waals surface area contributed by atoms with Gasteiger partial charge in [0.2, 0.25) is 0 Å². The fourth-order valence-corrected chi connectivity index (χ4v) is 3.72. The summed E-state index contributed by atoms with van der Waals surface area (Å²) in [6.45, 7) is 4.42. The fourth-order valence-electron chi connectivity index (χ4n) is 3.72. The summed E-state index contributed by atoms with van der Waals surface area (Å²) in [6, 6.07) is 13.5. The topological polar surface area (TPSA) is 98.2 Å². The van der Waals surface area contributed by atoms with Gasteiger partial charge < -0.3 is 9.47 Å². The molecule has 0 bridgehead atoms. The zero-order valence-electron chi connectivity index (χ0n) is 17.1. The number of morpholine rings is 1. The van der Waals surface area contributed by atoms with Crippen molar-refractivity contribution in [3.05, 3.63) is 59.8 Å². The van der Waals surface area contributed by atoms with Gasteiger partial charge in [0.05, 0.1) is 43.3 Å². The molecule has 0 amide bonds. The highest BCUT2D eigenvalue weighted by atomic mass is 16.5. The molecule has 0 spiro atoms. The smallest absolute Gasteiger partial charge is 0.337 e. The number of aromatic amines is 1. The number of fused-ring (bicyclic) bond motifs is 1. The van der Waals surface area contributed by atoms with Gasteiger partial charge >= 0.3 is 5.97 Å². The number of nitrogens with zero attached hydrogens (tertiary/aromatic N) is 5. The summed E-state index contributed by atoms with van der Waals surface area (Å²) >= 11 is 0. The van der Waals surface area contributed by atoms with E-state index in [4.69, 9.17) is 9.47 Å². The number of aromatic nitrogens is 5. The van der Waals surface area contributed by atoms with Crippen molar-refractivity contribution in [2.45, 2.75) is 6.54 Å². The van der Waals surface area contributed by atoms with Gasteiger partial charge in [-0.3, -0.25) is 10.00 Å². The molecule has 2 aromatic carbocycles. The van der Waals surface area contributed by atoms with E-state index in [-0.39, 0.29) is 0 Å². The van der Waals surface area contributed by atoms with Crippen LogP contribution in [0.3, 0.4) is 0 Å². The molecule has 0 aliphatic carbocycles. The van der Waals surface area contributed by atoms with Gasteiger partial charge in [-0.25, -0.2) is 9.48 Å². The van der Waals surface area contributed by atoms with Crippen LogP contribution in [0.15, 0.2) is 48.7 Å². The monoisotopic (exact) mass is 418 g/mol. The molecule has 1 saturated heterocycles. The normalized spacial score (nSPS) is 14.7. The second-order valence-electron chi connectivity index (χ2n) is 7.43. The molecule has 158 valence electrons. The van der Waals surface area contributed by atoms with Crippen molar-refractivity contribution in [2.24, 2.45) is 0 Å². The first-order valence-corrected chi connectivity index (χ1v) is 10.1. The number of nitrogens with one attached hydrogen (secondary N) is 1. The minimum atomic E-state index is -0.394. The van der Waals surface area contributed by atoms with Gasteiger partial charge in [-0.1, -0.05) is 17.3 Å². The molecule has 1 aliphatic rings. The first-order valence-electron chi connectivity index (χ1n) is 10.1. The maximum atomic E-state index is 11.9. The predicted octanol–water partition coefficient (Wildman–Crippen LogP) is 2.43. The van der Waals surface area contributed by atoms with Crippen molar-refractivity contribution in [1.82, 2.24) is 30.1 Å². The van der Waals surface area contributed by atoms with Crippen molar-refractivity contribution in [3.63, 3.8) is 0 Å². The van der Waals surface area contributed by atoms with Crippen molar-refractivity contribution < 1.29 is 14.3 Å². The molecule has 3 heterocycles. The van der Waals surface area contributed by atoms with E-state index in [9.17, 15) is 4.79 Å². The number of rotatable bonds is 5. The second-order valence-corrected chi connectivity index (χ2v) is 7.43. The zero-order valence-corrected chi connectivity index (χ0v) is 17.1. The fraction of sp³-hybridized carbons (Fsp3) is 0.273. The average Bonchev–Trinajstić information content (AvgIpc) is 3.46. The Morgan fingerprint density at radius 1 is 1.16 bits per heavy atom. The van der Waals surface area contributed by atoms with Crippen molar-refractivity contribution in [2.75, 3.05) is 33.4 Å². The van der Waals surface area contributed by atoms with Crippen LogP contribution in [-0.2, 0) is 16.0 Å². The van der Waals surface area contributed by atoms with Crippen LogP contribution in [-0.4, -0.2) is 69.5 Å². The Balaban J connectivity index is 1.38. The lowest BCUT2D eigenvalue weighted by Gasteiger charge is -2.26. The van der Waals surface area contributed by atoms with Gasteiger partial charge in [0, 0.05) is 25.0 Å². The molecule has 0 saturated carbocycles. The highest BCUT2D eigenvalue weighted by Gasteiger charge is 2.16. The molecular weight excluding hydrogens is 396 g/mol. The summed E-state index contributed by atoms with van der Waals surface area (Å²) in [5.41, 5.74) is 4.69. The zero-order chi connectivity index (χ0) is 21.2. The Hall–Kier alpha value is -3.56. The van der Waals surface area contributed by atoms with Crippen LogP contribution in [0.4, 0.5) is 0 Å². The van der Waals surface area contributed by atoms with E-state index in [0.717, 1.165) is 49.4 Å². The number of ether oxygens (including phenoxy) is 2. The van der Waals surface area contributed by atoms with Crippen LogP contribution in [0.1, 0.15) is 15.9 Å². The van der Waals surface area contributed by atoms with Crippen molar-refractivity contribution in [1.29, 1.82) is 0 Å². The third-order valence-electron chi connectivity index (χ3n) is 5.43. The van der Waals surface area contributed by atoms with Gasteiger partial charge in [-0.05, 0) is 35.9 Å². The van der Waals surface area contributed by atoms with Gasteiger partial charge in [0.15, 0.2) is 0 Å². The molecular formula is C22H22N6O3. The van der Waals surface area contributed by atoms with E-state index in [1.54, 1.807) is 22.9 Å². The number of carbonyl (C=O) groups excluding carboxylic acids is 1. The van der Waals surface area contributed by atoms with E-state index in [1.807, 2.05) is 18.3 Å².